The first-order chi connectivity index (χ1) is 45.1. The fourth-order valence-electron chi connectivity index (χ4n) is 9.76. The van der Waals surface area contributed by atoms with Crippen molar-refractivity contribution in [3.05, 3.63) is 124 Å². The number of carboxylic acid groups (broad SMARTS) is 1. The zero-order valence-corrected chi connectivity index (χ0v) is 56.3. The molecule has 0 saturated carbocycles. The SMILES string of the molecule is CC[C@H](C)[C@H](NC(=O)[C@@H](NC(=O)[C@H](CS)NC(=O)CCCCCCCCCCCNC(=O)c1cc(OCc2ccc(C(=O)NCCN)cc2)c(OCc2ccc(C(=O)NCCN)cc2)c(OCc2ccc(C(=O)NCCN)cc2)c1)C(C)C)C(=O)N[C@@H](CC(C)C)C(=O)O. The molecule has 0 aliphatic carbocycles. The molecule has 516 valence electrons. The minimum absolute atomic E-state index is 0.00174. The lowest BCUT2D eigenvalue weighted by atomic mass is 9.95. The highest BCUT2D eigenvalue weighted by Crippen LogP contribution is 2.41. The van der Waals surface area contributed by atoms with Crippen LogP contribution in [-0.4, -0.2) is 134 Å². The fraction of sp³-hybridized carbons (Fsp3) is 0.522. The number of hydrogen-bond acceptors (Lipinski definition) is 16. The molecule has 94 heavy (non-hydrogen) atoms. The number of unbranched alkanes of at least 4 members (excludes halogenated alkanes) is 8. The quantitative estimate of drug-likeness (QED) is 0.0183. The van der Waals surface area contributed by atoms with Gasteiger partial charge in [0.2, 0.25) is 29.4 Å². The van der Waals surface area contributed by atoms with Crippen LogP contribution in [0.4, 0.5) is 0 Å². The first kappa shape index (κ1) is 78.2. The molecule has 0 spiro atoms. The molecular formula is C69H101N11O13S. The number of ether oxygens (including phenoxy) is 3. The van der Waals surface area contributed by atoms with Crippen molar-refractivity contribution in [3.63, 3.8) is 0 Å². The minimum Gasteiger partial charge on any atom is -0.485 e. The summed E-state index contributed by atoms with van der Waals surface area (Å²) >= 11 is 4.31. The summed E-state index contributed by atoms with van der Waals surface area (Å²) in [5.74, 6) is -4.62. The lowest BCUT2D eigenvalue weighted by Crippen LogP contribution is -2.60. The molecule has 5 atom stereocenters. The summed E-state index contributed by atoms with van der Waals surface area (Å²) in [6, 6.07) is 19.6. The number of benzene rings is 4. The molecule has 0 fully saturated rings. The van der Waals surface area contributed by atoms with E-state index in [2.05, 4.69) is 55.2 Å². The molecule has 0 aliphatic heterocycles. The maximum Gasteiger partial charge on any atom is 0.326 e. The van der Waals surface area contributed by atoms with E-state index < -0.39 is 53.8 Å². The maximum absolute atomic E-state index is 14.0. The molecule has 4 rings (SSSR count). The topological polar surface area (TPSA) is 376 Å². The van der Waals surface area contributed by atoms with Crippen molar-refractivity contribution >= 4 is 65.9 Å². The molecule has 0 heterocycles. The van der Waals surface area contributed by atoms with Crippen LogP contribution in [0.2, 0.25) is 0 Å². The van der Waals surface area contributed by atoms with Crippen LogP contribution in [0.3, 0.4) is 0 Å². The summed E-state index contributed by atoms with van der Waals surface area (Å²) in [7, 11) is 0. The second-order valence-electron chi connectivity index (χ2n) is 24.0. The molecule has 0 unspecified atom stereocenters. The van der Waals surface area contributed by atoms with Gasteiger partial charge in [-0.05, 0) is 102 Å². The van der Waals surface area contributed by atoms with Gasteiger partial charge in [0.05, 0.1) is 0 Å². The first-order valence-electron chi connectivity index (χ1n) is 32.7. The van der Waals surface area contributed by atoms with Crippen LogP contribution < -0.4 is 73.9 Å². The average Bonchev–Trinajstić information content (AvgIpc) is 0.818. The molecule has 0 saturated heterocycles. The van der Waals surface area contributed by atoms with Gasteiger partial charge < -0.3 is 79.1 Å². The number of amides is 8. The number of hydrogen-bond donors (Lipinski definition) is 13. The number of carboxylic acids is 1. The van der Waals surface area contributed by atoms with Gasteiger partial charge in [-0.1, -0.05) is 129 Å². The molecule has 8 amide bonds. The third kappa shape index (κ3) is 27.7. The molecule has 0 bridgehead atoms. The Balaban J connectivity index is 1.33. The van der Waals surface area contributed by atoms with E-state index in [0.29, 0.717) is 75.3 Å². The third-order valence-electron chi connectivity index (χ3n) is 15.5. The molecule has 25 heteroatoms. The Labute approximate surface area is 558 Å². The van der Waals surface area contributed by atoms with E-state index in [-0.39, 0.29) is 103 Å². The van der Waals surface area contributed by atoms with E-state index in [9.17, 15) is 48.3 Å². The molecule has 24 nitrogen and oxygen atoms in total. The number of thiol groups is 1. The highest BCUT2D eigenvalue weighted by molar-refractivity contribution is 7.80. The lowest BCUT2D eigenvalue weighted by Gasteiger charge is -2.30. The summed E-state index contributed by atoms with van der Waals surface area (Å²) in [4.78, 5) is 117. The van der Waals surface area contributed by atoms with Gasteiger partial charge in [-0.25, -0.2) is 4.79 Å². The highest BCUT2D eigenvalue weighted by atomic mass is 32.1. The van der Waals surface area contributed by atoms with Crippen LogP contribution >= 0.6 is 12.6 Å². The lowest BCUT2D eigenvalue weighted by molar-refractivity contribution is -0.143. The van der Waals surface area contributed by atoms with Crippen LogP contribution in [-0.2, 0) is 43.8 Å². The monoisotopic (exact) mass is 1320 g/mol. The van der Waals surface area contributed by atoms with Crippen molar-refractivity contribution in [3.8, 4) is 17.2 Å². The second-order valence-corrected chi connectivity index (χ2v) is 24.4. The molecule has 0 aromatic heterocycles. The van der Waals surface area contributed by atoms with Crippen LogP contribution in [0.25, 0.3) is 0 Å². The van der Waals surface area contributed by atoms with Crippen molar-refractivity contribution < 1.29 is 62.5 Å². The van der Waals surface area contributed by atoms with Gasteiger partial charge in [-0.3, -0.25) is 38.4 Å². The maximum atomic E-state index is 14.0. The Kier molecular flexibility index (Phi) is 35.7. The molecule has 4 aromatic carbocycles. The predicted molar refractivity (Wildman–Crippen MR) is 364 cm³/mol. The smallest absolute Gasteiger partial charge is 0.326 e. The number of nitrogens with one attached hydrogen (secondary N) is 8. The van der Waals surface area contributed by atoms with Crippen molar-refractivity contribution in [2.75, 3.05) is 51.6 Å². The van der Waals surface area contributed by atoms with Gasteiger partial charge >= 0.3 is 5.97 Å². The summed E-state index contributed by atoms with van der Waals surface area (Å²) in [6.07, 6.45) is 8.79. The Morgan fingerprint density at radius 3 is 1.27 bits per heavy atom. The molecule has 0 radical (unpaired) electrons. The van der Waals surface area contributed by atoms with Crippen LogP contribution in [0, 0.1) is 17.8 Å². The first-order valence-corrected chi connectivity index (χ1v) is 33.4. The zero-order valence-electron chi connectivity index (χ0n) is 55.4. The predicted octanol–water partition coefficient (Wildman–Crippen LogP) is 5.82. The van der Waals surface area contributed by atoms with Gasteiger partial charge in [-0.15, -0.1) is 0 Å². The van der Waals surface area contributed by atoms with Crippen molar-refractivity contribution in [2.45, 2.75) is 163 Å². The third-order valence-corrected chi connectivity index (χ3v) is 15.8. The van der Waals surface area contributed by atoms with Gasteiger partial charge in [0, 0.05) is 80.2 Å². The Bertz CT molecular complexity index is 2950. The number of carbonyl (C=O) groups is 9. The molecule has 15 N–H and O–H groups in total. The second kappa shape index (κ2) is 42.9. The van der Waals surface area contributed by atoms with E-state index in [1.165, 1.54) is 0 Å². The molecular weight excluding hydrogens is 1220 g/mol. The van der Waals surface area contributed by atoms with Crippen molar-refractivity contribution in [1.29, 1.82) is 0 Å². The largest absolute Gasteiger partial charge is 0.485 e. The van der Waals surface area contributed by atoms with E-state index in [1.807, 2.05) is 20.8 Å². The highest BCUT2D eigenvalue weighted by Gasteiger charge is 2.35. The van der Waals surface area contributed by atoms with E-state index >= 15 is 0 Å². The van der Waals surface area contributed by atoms with E-state index in [4.69, 9.17) is 31.4 Å². The fourth-order valence-corrected chi connectivity index (χ4v) is 10.0. The van der Waals surface area contributed by atoms with E-state index in [0.717, 1.165) is 68.1 Å². The van der Waals surface area contributed by atoms with Crippen LogP contribution in [0.5, 0.6) is 17.2 Å². The van der Waals surface area contributed by atoms with Gasteiger partial charge in [0.25, 0.3) is 23.6 Å². The Morgan fingerprint density at radius 1 is 0.468 bits per heavy atom. The van der Waals surface area contributed by atoms with Gasteiger partial charge in [0.1, 0.15) is 44.0 Å². The summed E-state index contributed by atoms with van der Waals surface area (Å²) in [6.45, 7) is 13.2. The van der Waals surface area contributed by atoms with Crippen molar-refractivity contribution in [2.24, 2.45) is 35.0 Å². The number of nitrogens with two attached hydrogens (primary N) is 3. The standard InChI is InChI=1S/C69H101N11O13S/c1-7-46(6)60(68(88)78-54(69(89)90)37-44(2)3)80-67(87)59(45(4)5)79-66(86)55(43-94)77-58(81)17-15-13-11-9-8-10-12-14-16-33-73-65(85)53-38-56(91-40-47-18-24-50(25-19-47)62(82)74-34-30-70)61(93-42-49-22-28-52(29-23-49)64(84)76-36-32-72)57(39-53)92-41-48-20-26-51(27-21-48)63(83)75-35-31-71/h18-29,38-39,44-46,54-55,59-60,94H,7-17,30-37,40-43,70-72H2,1-6H3,(H,73,85)(H,74,82)(H,75,83)(H,76,84)(H,77,81)(H,78,88)(H,79,86)(H,80,87)(H,89,90)/t46-,54-,55-,59-,60-/m0/s1. The normalized spacial score (nSPS) is 12.7. The number of rotatable bonds is 45. The summed E-state index contributed by atoms with van der Waals surface area (Å²) in [5, 5.41) is 31.8. The Hall–Kier alpha value is -8.26. The number of aliphatic carboxylic acids is 1. The summed E-state index contributed by atoms with van der Waals surface area (Å²) < 4.78 is 19.4. The molecule has 4 aromatic rings. The van der Waals surface area contributed by atoms with Crippen LogP contribution in [0.15, 0.2) is 84.9 Å². The van der Waals surface area contributed by atoms with Gasteiger partial charge in [0.15, 0.2) is 11.5 Å². The van der Waals surface area contributed by atoms with Crippen LogP contribution in [0.1, 0.15) is 177 Å². The molecule has 0 aliphatic rings. The Morgan fingerprint density at radius 2 is 0.862 bits per heavy atom. The van der Waals surface area contributed by atoms with Crippen molar-refractivity contribution in [1.82, 2.24) is 42.5 Å². The van der Waals surface area contributed by atoms with Gasteiger partial charge in [-0.2, -0.15) is 12.6 Å². The summed E-state index contributed by atoms with van der Waals surface area (Å²) in [5.41, 5.74) is 20.5. The zero-order chi connectivity index (χ0) is 69.0. The average molecular weight is 1320 g/mol. The minimum atomic E-state index is -1.17. The number of carbonyl (C=O) groups excluding carboxylic acids is 8. The van der Waals surface area contributed by atoms with E-state index in [1.54, 1.807) is 106 Å².